The highest BCUT2D eigenvalue weighted by atomic mass is 32.1. The van der Waals surface area contributed by atoms with Crippen molar-refractivity contribution in [3.63, 3.8) is 0 Å². The van der Waals surface area contributed by atoms with Gasteiger partial charge in [0.05, 0.1) is 18.9 Å². The minimum Gasteiger partial charge on any atom is -0.465 e. The molecule has 0 bridgehead atoms. The zero-order valence-electron chi connectivity index (χ0n) is 11.1. The smallest absolute Gasteiger partial charge is 0.350 e. The lowest BCUT2D eigenvalue weighted by molar-refractivity contribution is -0.141. The van der Waals surface area contributed by atoms with Gasteiger partial charge in [0.1, 0.15) is 11.3 Å². The molecule has 1 aromatic rings. The van der Waals surface area contributed by atoms with E-state index in [1.807, 2.05) is 0 Å². The Morgan fingerprint density at radius 1 is 1.26 bits per heavy atom. The lowest BCUT2D eigenvalue weighted by Crippen LogP contribution is -2.03. The van der Waals surface area contributed by atoms with Gasteiger partial charge in [0.15, 0.2) is 5.01 Å². The molecule has 0 fully saturated rings. The van der Waals surface area contributed by atoms with Crippen molar-refractivity contribution < 1.29 is 19.1 Å². The van der Waals surface area contributed by atoms with Crippen molar-refractivity contribution in [2.45, 2.75) is 27.2 Å². The molecule has 0 aliphatic heterocycles. The Hall–Kier alpha value is -1.87. The number of hydrogen-bond acceptors (Lipinski definition) is 6. The lowest BCUT2D eigenvalue weighted by Gasteiger charge is -1.97. The molecule has 102 valence electrons. The van der Waals surface area contributed by atoms with E-state index in [-0.39, 0.29) is 12.4 Å². The number of ether oxygens (including phenoxy) is 2. The zero-order chi connectivity index (χ0) is 14.3. The maximum Gasteiger partial charge on any atom is 0.350 e. The number of hydrogen-bond donors (Lipinski definition) is 0. The minimum absolute atomic E-state index is 0.0151. The van der Waals surface area contributed by atoms with E-state index >= 15 is 0 Å². The van der Waals surface area contributed by atoms with Gasteiger partial charge in [-0.2, -0.15) is 0 Å². The summed E-state index contributed by atoms with van der Waals surface area (Å²) in [4.78, 5) is 27.3. The second kappa shape index (κ2) is 7.54. The SMILES string of the molecule is CCOC(=O)CC#Cc1nc(C)c(C(=O)OCC)s1. The molecule has 0 saturated carbocycles. The summed E-state index contributed by atoms with van der Waals surface area (Å²) in [6.07, 6.45) is 0.0151. The molecule has 0 spiro atoms. The summed E-state index contributed by atoms with van der Waals surface area (Å²) < 4.78 is 9.65. The zero-order valence-corrected chi connectivity index (χ0v) is 11.9. The maximum absolute atomic E-state index is 11.6. The first-order valence-corrected chi connectivity index (χ1v) is 6.69. The van der Waals surface area contributed by atoms with Gasteiger partial charge >= 0.3 is 11.9 Å². The number of thiazole rings is 1. The summed E-state index contributed by atoms with van der Waals surface area (Å²) in [5.41, 5.74) is 0.587. The monoisotopic (exact) mass is 281 g/mol. The summed E-state index contributed by atoms with van der Waals surface area (Å²) >= 11 is 1.16. The van der Waals surface area contributed by atoms with Crippen LogP contribution in [0.2, 0.25) is 0 Å². The second-order valence-electron chi connectivity index (χ2n) is 3.44. The summed E-state index contributed by atoms with van der Waals surface area (Å²) in [6.45, 7) is 5.86. The molecule has 0 radical (unpaired) electrons. The first kappa shape index (κ1) is 15.2. The van der Waals surface area contributed by atoms with Crippen LogP contribution in [0.4, 0.5) is 0 Å². The Morgan fingerprint density at radius 3 is 2.58 bits per heavy atom. The first-order chi connectivity index (χ1) is 9.08. The molecule has 0 amide bonds. The van der Waals surface area contributed by atoms with E-state index in [0.29, 0.717) is 28.8 Å². The topological polar surface area (TPSA) is 65.5 Å². The van der Waals surface area contributed by atoms with Gasteiger partial charge in [0.2, 0.25) is 0 Å². The molecule has 0 N–H and O–H groups in total. The molecule has 1 rings (SSSR count). The molecular formula is C13H15NO4S. The van der Waals surface area contributed by atoms with E-state index in [9.17, 15) is 9.59 Å². The van der Waals surface area contributed by atoms with Crippen molar-refractivity contribution in [2.75, 3.05) is 13.2 Å². The van der Waals surface area contributed by atoms with Gasteiger partial charge in [0, 0.05) is 0 Å². The van der Waals surface area contributed by atoms with Gasteiger partial charge in [-0.05, 0) is 26.7 Å². The Balaban J connectivity index is 2.71. The summed E-state index contributed by atoms with van der Waals surface area (Å²) in [7, 11) is 0. The fourth-order valence-electron chi connectivity index (χ4n) is 1.24. The molecule has 1 heterocycles. The quantitative estimate of drug-likeness (QED) is 0.623. The predicted octanol–water partition coefficient (Wildman–Crippen LogP) is 1.93. The van der Waals surface area contributed by atoms with Crippen LogP contribution in [0.1, 0.15) is 40.6 Å². The number of nitrogens with zero attached hydrogens (tertiary/aromatic N) is 1. The van der Waals surface area contributed by atoms with Crippen molar-refractivity contribution in [3.8, 4) is 11.8 Å². The highest BCUT2D eigenvalue weighted by Crippen LogP contribution is 2.18. The molecule has 0 atom stereocenters. The number of esters is 2. The first-order valence-electron chi connectivity index (χ1n) is 5.87. The fraction of sp³-hybridized carbons (Fsp3) is 0.462. The van der Waals surface area contributed by atoms with Crippen molar-refractivity contribution in [1.29, 1.82) is 0 Å². The van der Waals surface area contributed by atoms with Crippen LogP contribution in [-0.4, -0.2) is 30.1 Å². The number of carbonyl (C=O) groups is 2. The van der Waals surface area contributed by atoms with E-state index in [4.69, 9.17) is 9.47 Å². The summed E-state index contributed by atoms with van der Waals surface area (Å²) in [6, 6.07) is 0. The van der Waals surface area contributed by atoms with Gasteiger partial charge in [0.25, 0.3) is 0 Å². The van der Waals surface area contributed by atoms with Crippen molar-refractivity contribution in [3.05, 3.63) is 15.6 Å². The van der Waals surface area contributed by atoms with Crippen molar-refractivity contribution in [1.82, 2.24) is 4.98 Å². The van der Waals surface area contributed by atoms with E-state index in [2.05, 4.69) is 16.8 Å². The number of aryl methyl sites for hydroxylation is 1. The van der Waals surface area contributed by atoms with Crippen LogP contribution in [0.5, 0.6) is 0 Å². The van der Waals surface area contributed by atoms with Crippen LogP contribution < -0.4 is 0 Å². The van der Waals surface area contributed by atoms with Crippen LogP contribution in [0.15, 0.2) is 0 Å². The molecule has 6 heteroatoms. The van der Waals surface area contributed by atoms with Gasteiger partial charge < -0.3 is 9.47 Å². The molecule has 0 aliphatic carbocycles. The fourth-order valence-corrected chi connectivity index (χ4v) is 2.07. The van der Waals surface area contributed by atoms with Crippen molar-refractivity contribution >= 4 is 23.3 Å². The molecule has 0 aromatic carbocycles. The molecule has 1 aromatic heterocycles. The molecule has 19 heavy (non-hydrogen) atoms. The van der Waals surface area contributed by atoms with E-state index in [1.165, 1.54) is 0 Å². The van der Waals surface area contributed by atoms with Gasteiger partial charge in [-0.3, -0.25) is 4.79 Å². The summed E-state index contributed by atoms with van der Waals surface area (Å²) in [5, 5.41) is 0.491. The molecule has 0 aliphatic rings. The van der Waals surface area contributed by atoms with Gasteiger partial charge in [-0.1, -0.05) is 17.3 Å². The third-order valence-electron chi connectivity index (χ3n) is 1.99. The van der Waals surface area contributed by atoms with Gasteiger partial charge in [-0.15, -0.1) is 0 Å². The second-order valence-corrected chi connectivity index (χ2v) is 4.44. The highest BCUT2D eigenvalue weighted by Gasteiger charge is 2.15. The maximum atomic E-state index is 11.6. The van der Waals surface area contributed by atoms with Crippen LogP contribution in [0.25, 0.3) is 0 Å². The Labute approximate surface area is 115 Å². The highest BCUT2D eigenvalue weighted by molar-refractivity contribution is 7.14. The summed E-state index contributed by atoms with van der Waals surface area (Å²) in [5.74, 6) is 4.65. The third-order valence-corrected chi connectivity index (χ3v) is 3.04. The Bertz CT molecular complexity index is 524. The number of rotatable bonds is 4. The van der Waals surface area contributed by atoms with Crippen LogP contribution in [-0.2, 0) is 14.3 Å². The average molecular weight is 281 g/mol. The van der Waals surface area contributed by atoms with Crippen LogP contribution in [0.3, 0.4) is 0 Å². The number of aromatic nitrogens is 1. The molecule has 5 nitrogen and oxygen atoms in total. The Kier molecular flexibility index (Phi) is 6.03. The predicted molar refractivity (Wildman–Crippen MR) is 70.9 cm³/mol. The average Bonchev–Trinajstić information content (AvgIpc) is 2.71. The minimum atomic E-state index is -0.393. The van der Waals surface area contributed by atoms with E-state index in [1.54, 1.807) is 20.8 Å². The van der Waals surface area contributed by atoms with Crippen molar-refractivity contribution in [2.24, 2.45) is 0 Å². The molecule has 0 unspecified atom stereocenters. The van der Waals surface area contributed by atoms with Crippen LogP contribution in [0, 0.1) is 18.8 Å². The van der Waals surface area contributed by atoms with Gasteiger partial charge in [-0.25, -0.2) is 9.78 Å². The third kappa shape index (κ3) is 4.72. The normalized spacial score (nSPS) is 9.42. The largest absolute Gasteiger partial charge is 0.465 e. The molecular weight excluding hydrogens is 266 g/mol. The molecule has 0 saturated heterocycles. The lowest BCUT2D eigenvalue weighted by atomic mass is 10.4. The standard InChI is InChI=1S/C13H15NO4S/c1-4-17-11(15)8-6-7-10-14-9(3)12(19-10)13(16)18-5-2/h4-5,8H2,1-3H3. The van der Waals surface area contributed by atoms with E-state index in [0.717, 1.165) is 11.3 Å². The Morgan fingerprint density at radius 2 is 1.95 bits per heavy atom. The van der Waals surface area contributed by atoms with E-state index < -0.39 is 5.97 Å². The number of carbonyl (C=O) groups excluding carboxylic acids is 2. The van der Waals surface area contributed by atoms with Crippen LogP contribution >= 0.6 is 11.3 Å².